The van der Waals surface area contributed by atoms with Crippen LogP contribution in [0, 0.1) is 0 Å². The Kier molecular flexibility index (Phi) is 3.78. The average Bonchev–Trinajstić information content (AvgIpc) is 3.34. The third-order valence-electron chi connectivity index (χ3n) is 6.19. The fourth-order valence-electron chi connectivity index (χ4n) is 4.78. The maximum atomic E-state index is 13.8. The Bertz CT molecular complexity index is 1520. The second-order valence-corrected chi connectivity index (χ2v) is 8.56. The van der Waals surface area contributed by atoms with E-state index in [4.69, 9.17) is 9.72 Å². The lowest BCUT2D eigenvalue weighted by atomic mass is 10.0. The number of anilines is 1. The van der Waals surface area contributed by atoms with Gasteiger partial charge in [0.15, 0.2) is 0 Å². The van der Waals surface area contributed by atoms with Gasteiger partial charge in [-0.1, -0.05) is 18.2 Å². The molecule has 2 aromatic carbocycles. The Labute approximate surface area is 185 Å². The van der Waals surface area contributed by atoms with E-state index in [9.17, 15) is 4.79 Å². The number of nitrogens with zero attached hydrogens (tertiary/aromatic N) is 3. The maximum Gasteiger partial charge on any atom is 0.211 e. The quantitative estimate of drug-likeness (QED) is 0.400. The van der Waals surface area contributed by atoms with Crippen LogP contribution in [0.2, 0.25) is 0 Å². The summed E-state index contributed by atoms with van der Waals surface area (Å²) in [6, 6.07) is 21.3. The molecule has 0 amide bonds. The van der Waals surface area contributed by atoms with E-state index in [-0.39, 0.29) is 5.78 Å². The molecule has 4 heterocycles. The number of ketones is 1. The fourth-order valence-corrected chi connectivity index (χ4v) is 4.78. The first-order valence-corrected chi connectivity index (χ1v) is 10.6. The number of aromatic nitrogens is 3. The summed E-state index contributed by atoms with van der Waals surface area (Å²) in [6.45, 7) is 4.22. The summed E-state index contributed by atoms with van der Waals surface area (Å²) in [4.78, 5) is 18.7. The molecule has 0 atom stereocenters. The van der Waals surface area contributed by atoms with Crippen LogP contribution in [0.3, 0.4) is 0 Å². The van der Waals surface area contributed by atoms with Crippen LogP contribution in [0.25, 0.3) is 27.9 Å². The lowest BCUT2D eigenvalue weighted by molar-refractivity contribution is 0.103. The van der Waals surface area contributed by atoms with Gasteiger partial charge < -0.3 is 19.0 Å². The van der Waals surface area contributed by atoms with Crippen molar-refractivity contribution in [2.24, 2.45) is 0 Å². The van der Waals surface area contributed by atoms with Crippen LogP contribution in [0.15, 0.2) is 72.9 Å². The summed E-state index contributed by atoms with van der Waals surface area (Å²) >= 11 is 0. The number of nitrogens with one attached hydrogen (secondary N) is 1. The zero-order valence-electron chi connectivity index (χ0n) is 18.1. The van der Waals surface area contributed by atoms with Gasteiger partial charge in [0.25, 0.3) is 0 Å². The number of hydrogen-bond acceptors (Lipinski definition) is 4. The van der Waals surface area contributed by atoms with Gasteiger partial charge in [-0.25, -0.2) is 4.98 Å². The van der Waals surface area contributed by atoms with Crippen LogP contribution < -0.4 is 10.1 Å². The number of methoxy groups -OCH3 is 1. The molecule has 0 unspecified atom stereocenters. The average molecular weight is 422 g/mol. The largest absolute Gasteiger partial charge is 0.497 e. The number of ether oxygens (including phenoxy) is 1. The number of rotatable bonds is 3. The predicted molar refractivity (Wildman–Crippen MR) is 125 cm³/mol. The summed E-state index contributed by atoms with van der Waals surface area (Å²) in [7, 11) is 1.62. The smallest absolute Gasteiger partial charge is 0.211 e. The van der Waals surface area contributed by atoms with E-state index in [1.807, 2.05) is 59.1 Å². The second kappa shape index (κ2) is 6.47. The molecule has 32 heavy (non-hydrogen) atoms. The minimum atomic E-state index is -0.474. The molecule has 6 nitrogen and oxygen atoms in total. The van der Waals surface area contributed by atoms with Crippen LogP contribution in [-0.2, 0) is 5.66 Å². The number of para-hydroxylation sites is 2. The Balaban J connectivity index is 1.66. The molecular weight excluding hydrogens is 400 g/mol. The molecule has 1 N–H and O–H groups in total. The van der Waals surface area contributed by atoms with E-state index in [1.165, 1.54) is 0 Å². The summed E-state index contributed by atoms with van der Waals surface area (Å²) < 4.78 is 9.44. The van der Waals surface area contributed by atoms with Gasteiger partial charge in [-0.2, -0.15) is 0 Å². The number of carbonyl (C=O) groups is 1. The van der Waals surface area contributed by atoms with Gasteiger partial charge >= 0.3 is 0 Å². The molecule has 0 saturated carbocycles. The molecule has 0 aliphatic carbocycles. The molecular formula is C26H22N4O2. The van der Waals surface area contributed by atoms with E-state index in [0.717, 1.165) is 39.4 Å². The van der Waals surface area contributed by atoms with Crippen molar-refractivity contribution in [2.45, 2.75) is 19.5 Å². The summed E-state index contributed by atoms with van der Waals surface area (Å²) in [5.74, 6) is 1.53. The SMILES string of the molecule is COc1ccc(C(=O)c2c3c(c4ccccn24)-c2nc4ccccc4n2C(C)(C)N3)cc1. The molecule has 3 aromatic heterocycles. The Morgan fingerprint density at radius 1 is 0.969 bits per heavy atom. The normalized spacial score (nSPS) is 14.1. The van der Waals surface area contributed by atoms with Crippen molar-refractivity contribution in [2.75, 3.05) is 12.4 Å². The number of imidazole rings is 1. The Hall–Kier alpha value is -4.06. The molecule has 0 saturated heterocycles. The number of benzene rings is 2. The molecule has 0 spiro atoms. The van der Waals surface area contributed by atoms with Gasteiger partial charge in [0.2, 0.25) is 5.78 Å². The van der Waals surface area contributed by atoms with Crippen molar-refractivity contribution < 1.29 is 9.53 Å². The van der Waals surface area contributed by atoms with Crippen molar-refractivity contribution in [1.29, 1.82) is 0 Å². The standard InChI is InChI=1S/C26H22N4O2/c1-26(2)28-22-21(25-27-18-8-4-5-9-19(18)30(25)26)20-10-6-7-15-29(20)23(22)24(31)16-11-13-17(32-3)14-12-16/h4-15,28H,1-3H3. The highest BCUT2D eigenvalue weighted by atomic mass is 16.5. The lowest BCUT2D eigenvalue weighted by Crippen LogP contribution is -2.38. The van der Waals surface area contributed by atoms with Crippen molar-refractivity contribution >= 4 is 28.0 Å². The predicted octanol–water partition coefficient (Wildman–Crippen LogP) is 5.31. The van der Waals surface area contributed by atoms with E-state index in [1.54, 1.807) is 19.2 Å². The van der Waals surface area contributed by atoms with Crippen LogP contribution in [0.4, 0.5) is 5.69 Å². The summed E-state index contributed by atoms with van der Waals surface area (Å²) in [5, 5.41) is 3.66. The van der Waals surface area contributed by atoms with Crippen molar-refractivity contribution in [3.63, 3.8) is 0 Å². The maximum absolute atomic E-state index is 13.8. The summed E-state index contributed by atoms with van der Waals surface area (Å²) in [5.41, 5.74) is 5.43. The topological polar surface area (TPSA) is 60.6 Å². The monoisotopic (exact) mass is 422 g/mol. The zero-order chi connectivity index (χ0) is 22.0. The fraction of sp³-hybridized carbons (Fsp3) is 0.154. The highest BCUT2D eigenvalue weighted by Gasteiger charge is 2.38. The molecule has 1 aliphatic heterocycles. The van der Waals surface area contributed by atoms with E-state index in [0.29, 0.717) is 11.3 Å². The van der Waals surface area contributed by atoms with Crippen molar-refractivity contribution in [3.05, 3.63) is 84.2 Å². The molecule has 1 aliphatic rings. The summed E-state index contributed by atoms with van der Waals surface area (Å²) in [6.07, 6.45) is 1.94. The molecule has 6 rings (SSSR count). The molecule has 5 aromatic rings. The molecule has 0 radical (unpaired) electrons. The zero-order valence-corrected chi connectivity index (χ0v) is 18.1. The molecule has 0 fully saturated rings. The minimum Gasteiger partial charge on any atom is -0.497 e. The molecule has 0 bridgehead atoms. The van der Waals surface area contributed by atoms with Crippen LogP contribution >= 0.6 is 0 Å². The van der Waals surface area contributed by atoms with Gasteiger partial charge in [0.1, 0.15) is 22.9 Å². The number of hydrogen-bond donors (Lipinski definition) is 1. The molecule has 6 heteroatoms. The second-order valence-electron chi connectivity index (χ2n) is 8.56. The lowest BCUT2D eigenvalue weighted by Gasteiger charge is -2.35. The van der Waals surface area contributed by atoms with E-state index >= 15 is 0 Å². The van der Waals surface area contributed by atoms with Gasteiger partial charge in [0.05, 0.1) is 34.9 Å². The number of fused-ring (bicyclic) bond motifs is 7. The van der Waals surface area contributed by atoms with E-state index < -0.39 is 5.66 Å². The Morgan fingerprint density at radius 2 is 1.69 bits per heavy atom. The van der Waals surface area contributed by atoms with E-state index in [2.05, 4.69) is 29.8 Å². The minimum absolute atomic E-state index is 0.0528. The third kappa shape index (κ3) is 2.46. The Morgan fingerprint density at radius 3 is 2.47 bits per heavy atom. The first-order valence-electron chi connectivity index (χ1n) is 10.6. The van der Waals surface area contributed by atoms with Crippen molar-refractivity contribution in [1.82, 2.24) is 14.0 Å². The highest BCUT2D eigenvalue weighted by molar-refractivity contribution is 6.16. The first-order chi connectivity index (χ1) is 15.5. The van der Waals surface area contributed by atoms with Crippen LogP contribution in [0.1, 0.15) is 29.9 Å². The first kappa shape index (κ1) is 18.7. The van der Waals surface area contributed by atoms with Gasteiger partial charge in [-0.3, -0.25) is 4.79 Å². The van der Waals surface area contributed by atoms with Crippen molar-refractivity contribution in [3.8, 4) is 17.1 Å². The molecule has 158 valence electrons. The van der Waals surface area contributed by atoms with Crippen LogP contribution in [-0.4, -0.2) is 26.8 Å². The van der Waals surface area contributed by atoms with Gasteiger partial charge in [-0.05, 0) is 62.4 Å². The number of carbonyl (C=O) groups excluding carboxylic acids is 1. The number of pyridine rings is 1. The highest BCUT2D eigenvalue weighted by Crippen LogP contribution is 2.46. The van der Waals surface area contributed by atoms with Gasteiger partial charge in [-0.15, -0.1) is 0 Å². The third-order valence-corrected chi connectivity index (χ3v) is 6.19. The van der Waals surface area contributed by atoms with Crippen LogP contribution in [0.5, 0.6) is 5.75 Å². The van der Waals surface area contributed by atoms with Gasteiger partial charge in [0, 0.05) is 11.8 Å².